The molecule has 0 spiro atoms. The first-order valence-corrected chi connectivity index (χ1v) is 7.91. The molecular weight excluding hydrogens is 240 g/mol. The van der Waals surface area contributed by atoms with E-state index in [4.69, 9.17) is 4.74 Å². The van der Waals surface area contributed by atoms with E-state index in [1.807, 2.05) is 6.92 Å². The highest BCUT2D eigenvalue weighted by Gasteiger charge is 2.55. The summed E-state index contributed by atoms with van der Waals surface area (Å²) in [6, 6.07) is 0. The Morgan fingerprint density at radius 2 is 2.00 bits per heavy atom. The van der Waals surface area contributed by atoms with E-state index in [1.165, 1.54) is 25.7 Å². The first kappa shape index (κ1) is 13.4. The molecule has 2 bridgehead atoms. The van der Waals surface area contributed by atoms with Gasteiger partial charge in [0.2, 0.25) is 0 Å². The van der Waals surface area contributed by atoms with Crippen LogP contribution in [0.4, 0.5) is 0 Å². The molecule has 3 aliphatic rings. The van der Waals surface area contributed by atoms with Gasteiger partial charge in [-0.2, -0.15) is 0 Å². The third-order valence-electron chi connectivity index (χ3n) is 6.25. The molecule has 3 aliphatic carbocycles. The average Bonchev–Trinajstić information content (AvgIpc) is 3.09. The van der Waals surface area contributed by atoms with Crippen LogP contribution in [-0.4, -0.2) is 23.8 Å². The molecule has 0 radical (unpaired) electrons. The topological polar surface area (TPSA) is 46.5 Å². The van der Waals surface area contributed by atoms with Crippen molar-refractivity contribution in [2.45, 2.75) is 58.5 Å². The second kappa shape index (κ2) is 4.76. The standard InChI is InChI=1S/C16H26O3/c1-3-16(2,9-17)15(18)19-14-8-10-7-13(14)12-6-4-5-11(10)12/h10-14,17H,3-9H2,1-2H3. The van der Waals surface area contributed by atoms with Crippen molar-refractivity contribution in [2.75, 3.05) is 6.61 Å². The number of ether oxygens (including phenoxy) is 1. The summed E-state index contributed by atoms with van der Waals surface area (Å²) in [5, 5.41) is 9.41. The molecule has 6 unspecified atom stereocenters. The van der Waals surface area contributed by atoms with Gasteiger partial charge in [0.15, 0.2) is 0 Å². The van der Waals surface area contributed by atoms with Crippen molar-refractivity contribution < 1.29 is 14.6 Å². The zero-order valence-electron chi connectivity index (χ0n) is 12.1. The normalized spacial score (nSPS) is 43.0. The third kappa shape index (κ3) is 2.01. The second-order valence-corrected chi connectivity index (χ2v) is 7.17. The van der Waals surface area contributed by atoms with Gasteiger partial charge in [-0.15, -0.1) is 0 Å². The van der Waals surface area contributed by atoms with Crippen LogP contribution in [0, 0.1) is 29.1 Å². The number of rotatable bonds is 4. The molecule has 19 heavy (non-hydrogen) atoms. The van der Waals surface area contributed by atoms with Gasteiger partial charge in [0.05, 0.1) is 12.0 Å². The molecule has 0 aliphatic heterocycles. The maximum atomic E-state index is 12.3. The molecule has 3 heteroatoms. The van der Waals surface area contributed by atoms with Crippen LogP contribution in [0.25, 0.3) is 0 Å². The van der Waals surface area contributed by atoms with E-state index in [0.717, 1.165) is 24.2 Å². The van der Waals surface area contributed by atoms with Crippen molar-refractivity contribution >= 4 is 5.97 Å². The number of hydrogen-bond donors (Lipinski definition) is 1. The number of esters is 1. The smallest absolute Gasteiger partial charge is 0.314 e. The van der Waals surface area contributed by atoms with Gasteiger partial charge in [-0.25, -0.2) is 0 Å². The number of aliphatic hydroxyl groups excluding tert-OH is 1. The monoisotopic (exact) mass is 266 g/mol. The van der Waals surface area contributed by atoms with E-state index in [9.17, 15) is 9.90 Å². The largest absolute Gasteiger partial charge is 0.462 e. The molecule has 3 nitrogen and oxygen atoms in total. The lowest BCUT2D eigenvalue weighted by atomic mass is 9.80. The zero-order valence-corrected chi connectivity index (χ0v) is 12.1. The van der Waals surface area contributed by atoms with Crippen molar-refractivity contribution in [3.63, 3.8) is 0 Å². The minimum atomic E-state index is -0.711. The van der Waals surface area contributed by atoms with E-state index < -0.39 is 5.41 Å². The van der Waals surface area contributed by atoms with Crippen LogP contribution in [0.2, 0.25) is 0 Å². The van der Waals surface area contributed by atoms with Crippen LogP contribution in [-0.2, 0) is 9.53 Å². The summed E-state index contributed by atoms with van der Waals surface area (Å²) in [5.74, 6) is 2.97. The predicted octanol–water partition coefficient (Wildman–Crippen LogP) is 2.76. The van der Waals surface area contributed by atoms with Crippen LogP contribution in [0.1, 0.15) is 52.4 Å². The molecule has 0 saturated heterocycles. The number of aliphatic hydroxyl groups is 1. The lowest BCUT2D eigenvalue weighted by Crippen LogP contribution is -2.39. The lowest BCUT2D eigenvalue weighted by molar-refractivity contribution is -0.167. The van der Waals surface area contributed by atoms with Crippen molar-refractivity contribution in [3.05, 3.63) is 0 Å². The number of carbonyl (C=O) groups is 1. The van der Waals surface area contributed by atoms with Gasteiger partial charge >= 0.3 is 5.97 Å². The van der Waals surface area contributed by atoms with E-state index in [-0.39, 0.29) is 18.7 Å². The summed E-state index contributed by atoms with van der Waals surface area (Å²) in [7, 11) is 0. The van der Waals surface area contributed by atoms with Crippen LogP contribution < -0.4 is 0 Å². The van der Waals surface area contributed by atoms with E-state index >= 15 is 0 Å². The maximum absolute atomic E-state index is 12.3. The summed E-state index contributed by atoms with van der Waals surface area (Å²) in [6.07, 6.45) is 7.22. The average molecular weight is 266 g/mol. The highest BCUT2D eigenvalue weighted by Crippen LogP contribution is 2.59. The Hall–Kier alpha value is -0.570. The second-order valence-electron chi connectivity index (χ2n) is 7.17. The maximum Gasteiger partial charge on any atom is 0.314 e. The summed E-state index contributed by atoms with van der Waals surface area (Å²) >= 11 is 0. The SMILES string of the molecule is CCC(C)(CO)C(=O)OC1CC2CC1C1CCCC21. The van der Waals surface area contributed by atoms with Gasteiger partial charge in [-0.1, -0.05) is 13.3 Å². The third-order valence-corrected chi connectivity index (χ3v) is 6.25. The molecule has 3 fully saturated rings. The molecule has 0 aromatic carbocycles. The zero-order chi connectivity index (χ0) is 13.6. The summed E-state index contributed by atoms with van der Waals surface area (Å²) in [4.78, 5) is 12.3. The Morgan fingerprint density at radius 1 is 1.26 bits per heavy atom. The molecule has 3 saturated carbocycles. The molecular formula is C16H26O3. The van der Waals surface area contributed by atoms with Crippen LogP contribution in [0.3, 0.4) is 0 Å². The molecule has 6 atom stereocenters. The first-order valence-electron chi connectivity index (χ1n) is 7.91. The van der Waals surface area contributed by atoms with E-state index in [2.05, 4.69) is 0 Å². The van der Waals surface area contributed by atoms with Crippen LogP contribution >= 0.6 is 0 Å². The molecule has 0 aromatic rings. The molecule has 108 valence electrons. The van der Waals surface area contributed by atoms with Gasteiger partial charge in [-0.3, -0.25) is 4.79 Å². The number of carbonyl (C=O) groups excluding carboxylic acids is 1. The summed E-state index contributed by atoms with van der Waals surface area (Å²) in [6.45, 7) is 3.63. The van der Waals surface area contributed by atoms with Gasteiger partial charge in [0.25, 0.3) is 0 Å². The lowest BCUT2D eigenvalue weighted by Gasteiger charge is -2.33. The first-order chi connectivity index (χ1) is 9.09. The quantitative estimate of drug-likeness (QED) is 0.796. The Bertz CT molecular complexity index is 361. The summed E-state index contributed by atoms with van der Waals surface area (Å²) in [5.41, 5.74) is -0.711. The van der Waals surface area contributed by atoms with E-state index in [1.54, 1.807) is 6.92 Å². The highest BCUT2D eigenvalue weighted by molar-refractivity contribution is 5.76. The van der Waals surface area contributed by atoms with E-state index in [0.29, 0.717) is 12.3 Å². The van der Waals surface area contributed by atoms with Crippen molar-refractivity contribution in [3.8, 4) is 0 Å². The van der Waals surface area contributed by atoms with Crippen LogP contribution in [0.15, 0.2) is 0 Å². The van der Waals surface area contributed by atoms with Gasteiger partial charge in [-0.05, 0) is 62.7 Å². The number of hydrogen-bond acceptors (Lipinski definition) is 3. The fourth-order valence-electron chi connectivity index (χ4n) is 4.74. The Kier molecular flexibility index (Phi) is 3.36. The molecule has 0 amide bonds. The van der Waals surface area contributed by atoms with Crippen molar-refractivity contribution in [1.29, 1.82) is 0 Å². The molecule has 0 aromatic heterocycles. The summed E-state index contributed by atoms with van der Waals surface area (Å²) < 4.78 is 5.80. The van der Waals surface area contributed by atoms with Gasteiger partial charge in [0, 0.05) is 0 Å². The molecule has 0 heterocycles. The Morgan fingerprint density at radius 3 is 2.68 bits per heavy atom. The minimum Gasteiger partial charge on any atom is -0.462 e. The van der Waals surface area contributed by atoms with Crippen LogP contribution in [0.5, 0.6) is 0 Å². The highest BCUT2D eigenvalue weighted by atomic mass is 16.5. The molecule has 3 rings (SSSR count). The van der Waals surface area contributed by atoms with Crippen molar-refractivity contribution in [1.82, 2.24) is 0 Å². The Balaban J connectivity index is 1.65. The Labute approximate surface area is 115 Å². The van der Waals surface area contributed by atoms with Gasteiger partial charge < -0.3 is 9.84 Å². The van der Waals surface area contributed by atoms with Gasteiger partial charge in [0.1, 0.15) is 6.10 Å². The fraction of sp³-hybridized carbons (Fsp3) is 0.938. The minimum absolute atomic E-state index is 0.116. The number of fused-ring (bicyclic) bond motifs is 5. The molecule has 1 N–H and O–H groups in total. The van der Waals surface area contributed by atoms with Crippen molar-refractivity contribution in [2.24, 2.45) is 29.1 Å². The fourth-order valence-corrected chi connectivity index (χ4v) is 4.74. The predicted molar refractivity (Wildman–Crippen MR) is 72.4 cm³/mol.